The molecular formula is C15H20FN3O2. The van der Waals surface area contributed by atoms with Gasteiger partial charge in [-0.1, -0.05) is 6.42 Å². The summed E-state index contributed by atoms with van der Waals surface area (Å²) in [6.07, 6.45) is 3.26. The van der Waals surface area contributed by atoms with E-state index in [1.807, 2.05) is 0 Å². The van der Waals surface area contributed by atoms with E-state index in [0.29, 0.717) is 13.0 Å². The van der Waals surface area contributed by atoms with Crippen molar-refractivity contribution in [2.75, 3.05) is 11.9 Å². The monoisotopic (exact) mass is 293 g/mol. The summed E-state index contributed by atoms with van der Waals surface area (Å²) in [7, 11) is 0. The quantitative estimate of drug-likeness (QED) is 0.770. The van der Waals surface area contributed by atoms with Crippen molar-refractivity contribution in [3.05, 3.63) is 29.1 Å². The number of benzene rings is 1. The lowest BCUT2D eigenvalue weighted by Crippen LogP contribution is -2.40. The Morgan fingerprint density at radius 1 is 1.38 bits per heavy atom. The van der Waals surface area contributed by atoms with Gasteiger partial charge in [0, 0.05) is 23.2 Å². The average Bonchev–Trinajstić information content (AvgIpc) is 2.38. The third-order valence-corrected chi connectivity index (χ3v) is 4.29. The zero-order valence-corrected chi connectivity index (χ0v) is 12.0. The SMILES string of the molecule is Cc1c(F)cc(C(N)=O)cc1NC(=O)CC1(CN)CCC1. The summed E-state index contributed by atoms with van der Waals surface area (Å²) >= 11 is 0. The smallest absolute Gasteiger partial charge is 0.248 e. The molecule has 21 heavy (non-hydrogen) atoms. The minimum Gasteiger partial charge on any atom is -0.366 e. The molecule has 1 aliphatic carbocycles. The summed E-state index contributed by atoms with van der Waals surface area (Å²) in [5.41, 5.74) is 11.3. The molecule has 0 aromatic heterocycles. The summed E-state index contributed by atoms with van der Waals surface area (Å²) < 4.78 is 13.8. The van der Waals surface area contributed by atoms with Gasteiger partial charge < -0.3 is 16.8 Å². The Hall–Kier alpha value is -1.95. The van der Waals surface area contributed by atoms with E-state index in [9.17, 15) is 14.0 Å². The highest BCUT2D eigenvalue weighted by atomic mass is 19.1. The van der Waals surface area contributed by atoms with E-state index in [1.54, 1.807) is 0 Å². The maximum Gasteiger partial charge on any atom is 0.248 e. The summed E-state index contributed by atoms with van der Waals surface area (Å²) in [5.74, 6) is -1.52. The van der Waals surface area contributed by atoms with Crippen molar-refractivity contribution in [1.29, 1.82) is 0 Å². The van der Waals surface area contributed by atoms with Crippen molar-refractivity contribution in [2.24, 2.45) is 16.9 Å². The Bertz CT molecular complexity index is 577. The fraction of sp³-hybridized carbons (Fsp3) is 0.467. The molecule has 114 valence electrons. The molecule has 0 heterocycles. The van der Waals surface area contributed by atoms with E-state index < -0.39 is 11.7 Å². The second-order valence-corrected chi connectivity index (χ2v) is 5.78. The molecule has 0 atom stereocenters. The maximum absolute atomic E-state index is 13.8. The number of carbonyl (C=O) groups excluding carboxylic acids is 2. The fourth-order valence-corrected chi connectivity index (χ4v) is 2.62. The van der Waals surface area contributed by atoms with E-state index >= 15 is 0 Å². The second-order valence-electron chi connectivity index (χ2n) is 5.78. The Labute approximate surface area is 122 Å². The van der Waals surface area contributed by atoms with Gasteiger partial charge in [-0.25, -0.2) is 4.39 Å². The van der Waals surface area contributed by atoms with Crippen LogP contribution in [0.5, 0.6) is 0 Å². The highest BCUT2D eigenvalue weighted by Crippen LogP contribution is 2.43. The molecule has 5 N–H and O–H groups in total. The number of nitrogens with one attached hydrogen (secondary N) is 1. The summed E-state index contributed by atoms with van der Waals surface area (Å²) in [6.45, 7) is 2.01. The molecule has 0 bridgehead atoms. The third kappa shape index (κ3) is 3.21. The molecule has 2 rings (SSSR count). The van der Waals surface area contributed by atoms with Crippen LogP contribution in [-0.4, -0.2) is 18.4 Å². The van der Waals surface area contributed by atoms with Crippen LogP contribution >= 0.6 is 0 Å². The van der Waals surface area contributed by atoms with Crippen molar-refractivity contribution in [2.45, 2.75) is 32.6 Å². The Morgan fingerprint density at radius 3 is 2.52 bits per heavy atom. The van der Waals surface area contributed by atoms with Crippen LogP contribution < -0.4 is 16.8 Å². The van der Waals surface area contributed by atoms with E-state index in [0.717, 1.165) is 25.3 Å². The van der Waals surface area contributed by atoms with E-state index in [4.69, 9.17) is 11.5 Å². The van der Waals surface area contributed by atoms with Crippen LogP contribution in [0, 0.1) is 18.2 Å². The van der Waals surface area contributed by atoms with Crippen molar-refractivity contribution in [3.63, 3.8) is 0 Å². The average molecular weight is 293 g/mol. The van der Waals surface area contributed by atoms with Gasteiger partial charge in [0.2, 0.25) is 11.8 Å². The Balaban J connectivity index is 2.15. The first-order valence-corrected chi connectivity index (χ1v) is 6.97. The molecule has 0 spiro atoms. The number of anilines is 1. The van der Waals surface area contributed by atoms with Gasteiger partial charge in [0.05, 0.1) is 0 Å². The lowest BCUT2D eigenvalue weighted by atomic mass is 9.66. The highest BCUT2D eigenvalue weighted by molar-refractivity contribution is 5.97. The van der Waals surface area contributed by atoms with Crippen LogP contribution in [0.25, 0.3) is 0 Å². The first-order chi connectivity index (χ1) is 9.87. The Morgan fingerprint density at radius 2 is 2.05 bits per heavy atom. The maximum atomic E-state index is 13.8. The number of halogens is 1. The zero-order valence-electron chi connectivity index (χ0n) is 12.0. The van der Waals surface area contributed by atoms with Crippen molar-refractivity contribution in [1.82, 2.24) is 0 Å². The minimum absolute atomic E-state index is 0.0329. The first-order valence-electron chi connectivity index (χ1n) is 6.97. The topological polar surface area (TPSA) is 98.2 Å². The predicted octanol–water partition coefficient (Wildman–Crippen LogP) is 1.69. The lowest BCUT2D eigenvalue weighted by Gasteiger charge is -2.40. The van der Waals surface area contributed by atoms with E-state index in [2.05, 4.69) is 5.32 Å². The molecule has 2 amide bonds. The minimum atomic E-state index is -0.734. The van der Waals surface area contributed by atoms with Crippen LogP contribution in [0.1, 0.15) is 41.6 Å². The number of carbonyl (C=O) groups is 2. The molecule has 1 aliphatic rings. The van der Waals surface area contributed by atoms with Crippen molar-refractivity contribution < 1.29 is 14.0 Å². The zero-order chi connectivity index (χ0) is 15.6. The van der Waals surface area contributed by atoms with Gasteiger partial charge in [0.1, 0.15) is 5.82 Å². The molecule has 1 fully saturated rings. The first kappa shape index (κ1) is 15.4. The molecule has 5 nitrogen and oxygen atoms in total. The van der Waals surface area contributed by atoms with Gasteiger partial charge in [-0.2, -0.15) is 0 Å². The van der Waals surface area contributed by atoms with E-state index in [-0.39, 0.29) is 28.1 Å². The normalized spacial score (nSPS) is 16.1. The second kappa shape index (κ2) is 5.81. The molecule has 0 unspecified atom stereocenters. The number of nitrogens with two attached hydrogens (primary N) is 2. The standard InChI is InChI=1S/C15H20FN3O2/c1-9-11(16)5-10(14(18)21)6-12(9)19-13(20)7-15(8-17)3-2-4-15/h5-6H,2-4,7-8,17H2,1H3,(H2,18,21)(H,19,20). The predicted molar refractivity (Wildman–Crippen MR) is 78.2 cm³/mol. The molecule has 1 aromatic carbocycles. The third-order valence-electron chi connectivity index (χ3n) is 4.29. The largest absolute Gasteiger partial charge is 0.366 e. The van der Waals surface area contributed by atoms with Crippen molar-refractivity contribution >= 4 is 17.5 Å². The molecule has 0 saturated heterocycles. The molecule has 1 saturated carbocycles. The van der Waals surface area contributed by atoms with Gasteiger partial charge in [0.25, 0.3) is 0 Å². The number of hydrogen-bond acceptors (Lipinski definition) is 3. The highest BCUT2D eigenvalue weighted by Gasteiger charge is 2.37. The summed E-state index contributed by atoms with van der Waals surface area (Å²) in [4.78, 5) is 23.3. The lowest BCUT2D eigenvalue weighted by molar-refractivity contribution is -0.119. The molecule has 1 aromatic rings. The molecule has 0 aliphatic heterocycles. The summed E-state index contributed by atoms with van der Waals surface area (Å²) in [5, 5.41) is 2.66. The summed E-state index contributed by atoms with van der Waals surface area (Å²) in [6, 6.07) is 2.47. The van der Waals surface area contributed by atoms with Gasteiger partial charge >= 0.3 is 0 Å². The number of rotatable bonds is 5. The molecule has 6 heteroatoms. The van der Waals surface area contributed by atoms with E-state index in [1.165, 1.54) is 13.0 Å². The van der Waals surface area contributed by atoms with Crippen LogP contribution in [0.4, 0.5) is 10.1 Å². The van der Waals surface area contributed by atoms with Gasteiger partial charge in [-0.3, -0.25) is 9.59 Å². The van der Waals surface area contributed by atoms with Crippen LogP contribution in [0.2, 0.25) is 0 Å². The number of primary amides is 1. The Kier molecular flexibility index (Phi) is 4.27. The van der Waals surface area contributed by atoms with Gasteiger partial charge in [-0.15, -0.1) is 0 Å². The van der Waals surface area contributed by atoms with Gasteiger partial charge in [0.15, 0.2) is 0 Å². The number of amides is 2. The van der Waals surface area contributed by atoms with Crippen LogP contribution in [-0.2, 0) is 4.79 Å². The fourth-order valence-electron chi connectivity index (χ4n) is 2.62. The van der Waals surface area contributed by atoms with Crippen molar-refractivity contribution in [3.8, 4) is 0 Å². The molecular weight excluding hydrogens is 273 g/mol. The number of hydrogen-bond donors (Lipinski definition) is 3. The van der Waals surface area contributed by atoms with Gasteiger partial charge in [-0.05, 0) is 43.9 Å². The molecule has 0 radical (unpaired) electrons. The van der Waals surface area contributed by atoms with Crippen LogP contribution in [0.15, 0.2) is 12.1 Å². The van der Waals surface area contributed by atoms with Crippen LogP contribution in [0.3, 0.4) is 0 Å².